The number of hydrogen-bond donors (Lipinski definition) is 2. The summed E-state index contributed by atoms with van der Waals surface area (Å²) >= 11 is 0. The van der Waals surface area contributed by atoms with Crippen LogP contribution in [0.5, 0.6) is 0 Å². The smallest absolute Gasteiger partial charge is 0.407 e. The standard InChI is InChI=1S/C22H33N5O7/c1-6-8-26(13-18(29)32-5)17(28)12-27-11-15-10-16(24-19(15)25-20(27)30)14-33-9-7-23-21(31)34-22(2,3)4/h10-11H,6-9,12-14H2,1-5H3,(H,23,31)(H,24,25,30). The highest BCUT2D eigenvalue weighted by Crippen LogP contribution is 2.12. The van der Waals surface area contributed by atoms with E-state index in [0.29, 0.717) is 29.7 Å². The van der Waals surface area contributed by atoms with Crippen LogP contribution in [0, 0.1) is 0 Å². The van der Waals surface area contributed by atoms with E-state index in [4.69, 9.17) is 9.47 Å². The predicted molar refractivity (Wildman–Crippen MR) is 123 cm³/mol. The minimum atomic E-state index is -0.591. The number of methoxy groups -OCH3 is 1. The van der Waals surface area contributed by atoms with Crippen molar-refractivity contribution in [1.82, 2.24) is 24.8 Å². The Balaban J connectivity index is 1.95. The van der Waals surface area contributed by atoms with Crippen molar-refractivity contribution in [2.75, 3.05) is 33.4 Å². The van der Waals surface area contributed by atoms with Crippen LogP contribution in [0.25, 0.3) is 11.0 Å². The molecular weight excluding hydrogens is 446 g/mol. The van der Waals surface area contributed by atoms with E-state index in [1.165, 1.54) is 22.8 Å². The number of aromatic nitrogens is 3. The van der Waals surface area contributed by atoms with Gasteiger partial charge >= 0.3 is 17.8 Å². The number of rotatable bonds is 11. The Bertz CT molecular complexity index is 1050. The predicted octanol–water partition coefficient (Wildman–Crippen LogP) is 1.18. The highest BCUT2D eigenvalue weighted by Gasteiger charge is 2.19. The normalized spacial score (nSPS) is 11.3. The lowest BCUT2D eigenvalue weighted by Crippen LogP contribution is -2.40. The maximum Gasteiger partial charge on any atom is 0.407 e. The van der Waals surface area contributed by atoms with Crippen molar-refractivity contribution >= 4 is 29.0 Å². The van der Waals surface area contributed by atoms with Gasteiger partial charge in [-0.05, 0) is 33.3 Å². The summed E-state index contributed by atoms with van der Waals surface area (Å²) in [6.07, 6.45) is 1.68. The van der Waals surface area contributed by atoms with Gasteiger partial charge in [0, 0.05) is 30.4 Å². The molecule has 0 aliphatic rings. The van der Waals surface area contributed by atoms with Gasteiger partial charge in [-0.25, -0.2) is 9.59 Å². The molecule has 0 spiro atoms. The largest absolute Gasteiger partial charge is 0.468 e. The van der Waals surface area contributed by atoms with Gasteiger partial charge in [0.05, 0.1) is 20.3 Å². The van der Waals surface area contributed by atoms with Gasteiger partial charge in [-0.3, -0.25) is 14.2 Å². The number of nitrogens with zero attached hydrogens (tertiary/aromatic N) is 3. The minimum absolute atomic E-state index is 0.179. The summed E-state index contributed by atoms with van der Waals surface area (Å²) < 4.78 is 16.5. The molecule has 0 aromatic carbocycles. The van der Waals surface area contributed by atoms with Crippen molar-refractivity contribution in [2.45, 2.75) is 52.9 Å². The summed E-state index contributed by atoms with van der Waals surface area (Å²) in [6.45, 7) is 7.92. The van der Waals surface area contributed by atoms with Crippen LogP contribution in [0.2, 0.25) is 0 Å². The summed E-state index contributed by atoms with van der Waals surface area (Å²) in [5.41, 5.74) is -0.105. The van der Waals surface area contributed by atoms with Crippen molar-refractivity contribution in [3.05, 3.63) is 28.4 Å². The highest BCUT2D eigenvalue weighted by molar-refractivity contribution is 5.82. The first kappa shape index (κ1) is 26.8. The number of carbonyl (C=O) groups is 3. The number of hydrogen-bond acceptors (Lipinski definition) is 8. The van der Waals surface area contributed by atoms with Crippen LogP contribution < -0.4 is 11.0 Å². The topological polar surface area (TPSA) is 145 Å². The average Bonchev–Trinajstić information content (AvgIpc) is 3.13. The van der Waals surface area contributed by atoms with Crippen molar-refractivity contribution in [2.24, 2.45) is 0 Å². The molecule has 2 amide bonds. The molecule has 0 radical (unpaired) electrons. The van der Waals surface area contributed by atoms with E-state index in [1.807, 2.05) is 6.92 Å². The summed E-state index contributed by atoms with van der Waals surface area (Å²) in [5.74, 6) is -0.911. The maximum atomic E-state index is 12.6. The molecule has 0 fully saturated rings. The van der Waals surface area contributed by atoms with Crippen LogP contribution >= 0.6 is 0 Å². The van der Waals surface area contributed by atoms with Gasteiger partial charge in [-0.15, -0.1) is 0 Å². The van der Waals surface area contributed by atoms with E-state index in [0.717, 1.165) is 0 Å². The number of ether oxygens (including phenoxy) is 3. The first-order valence-corrected chi connectivity index (χ1v) is 11.0. The van der Waals surface area contributed by atoms with Gasteiger partial charge in [0.2, 0.25) is 5.91 Å². The zero-order valence-corrected chi connectivity index (χ0v) is 20.3. The summed E-state index contributed by atoms with van der Waals surface area (Å²) in [4.78, 5) is 56.6. The molecule has 12 nitrogen and oxygen atoms in total. The number of H-pyrrole nitrogens is 1. The number of esters is 1. The third kappa shape index (κ3) is 8.50. The highest BCUT2D eigenvalue weighted by atomic mass is 16.6. The third-order valence-electron chi connectivity index (χ3n) is 4.50. The molecule has 0 saturated heterocycles. The Hall–Kier alpha value is -3.41. The second kappa shape index (κ2) is 12.2. The van der Waals surface area contributed by atoms with E-state index < -0.39 is 23.4 Å². The lowest BCUT2D eigenvalue weighted by Gasteiger charge is -2.21. The zero-order chi connectivity index (χ0) is 25.3. The molecule has 2 aromatic rings. The van der Waals surface area contributed by atoms with Gasteiger partial charge in [-0.2, -0.15) is 4.98 Å². The van der Waals surface area contributed by atoms with E-state index in [2.05, 4.69) is 20.0 Å². The molecule has 0 aliphatic carbocycles. The van der Waals surface area contributed by atoms with Crippen molar-refractivity contribution in [3.63, 3.8) is 0 Å². The third-order valence-corrected chi connectivity index (χ3v) is 4.50. The summed E-state index contributed by atoms with van der Waals surface area (Å²) in [5, 5.41) is 3.23. The van der Waals surface area contributed by atoms with E-state index in [9.17, 15) is 19.2 Å². The Kier molecular flexibility index (Phi) is 9.60. The molecule has 0 aliphatic heterocycles. The molecule has 2 heterocycles. The Morgan fingerprint density at radius 3 is 2.65 bits per heavy atom. The molecular formula is C22H33N5O7. The zero-order valence-electron chi connectivity index (χ0n) is 20.3. The molecule has 0 bridgehead atoms. The molecule has 188 valence electrons. The Labute approximate surface area is 197 Å². The first-order valence-electron chi connectivity index (χ1n) is 11.0. The van der Waals surface area contributed by atoms with Gasteiger partial charge < -0.3 is 29.4 Å². The lowest BCUT2D eigenvalue weighted by molar-refractivity contribution is -0.147. The van der Waals surface area contributed by atoms with Crippen LogP contribution in [0.3, 0.4) is 0 Å². The van der Waals surface area contributed by atoms with Crippen LogP contribution in [-0.2, 0) is 37.0 Å². The molecule has 2 aromatic heterocycles. The molecule has 0 unspecified atom stereocenters. The van der Waals surface area contributed by atoms with Crippen LogP contribution in [0.15, 0.2) is 17.1 Å². The van der Waals surface area contributed by atoms with Gasteiger partial charge in [0.25, 0.3) is 0 Å². The number of nitrogens with one attached hydrogen (secondary N) is 2. The second-order valence-corrected chi connectivity index (χ2v) is 8.62. The SMILES string of the molecule is CCCN(CC(=O)OC)C(=O)Cn1cc2cc(COCCNC(=O)OC(C)(C)C)[nH]c2nc1=O. The minimum Gasteiger partial charge on any atom is -0.468 e. The molecule has 2 rings (SSSR count). The maximum absolute atomic E-state index is 12.6. The molecule has 12 heteroatoms. The van der Waals surface area contributed by atoms with Crippen molar-refractivity contribution in [1.29, 1.82) is 0 Å². The van der Waals surface area contributed by atoms with Gasteiger partial charge in [0.15, 0.2) is 0 Å². The number of aromatic amines is 1. The fourth-order valence-electron chi connectivity index (χ4n) is 3.03. The van der Waals surface area contributed by atoms with Crippen LogP contribution in [-0.4, -0.2) is 76.4 Å². The number of amides is 2. The van der Waals surface area contributed by atoms with E-state index in [-0.39, 0.29) is 38.8 Å². The number of fused-ring (bicyclic) bond motifs is 1. The Morgan fingerprint density at radius 1 is 1.26 bits per heavy atom. The van der Waals surface area contributed by atoms with Crippen molar-refractivity contribution < 1.29 is 28.6 Å². The Morgan fingerprint density at radius 2 is 2.00 bits per heavy atom. The fourth-order valence-corrected chi connectivity index (χ4v) is 3.03. The molecule has 34 heavy (non-hydrogen) atoms. The second-order valence-electron chi connectivity index (χ2n) is 8.62. The lowest BCUT2D eigenvalue weighted by atomic mass is 10.2. The van der Waals surface area contributed by atoms with Crippen molar-refractivity contribution in [3.8, 4) is 0 Å². The van der Waals surface area contributed by atoms with Gasteiger partial charge in [-0.1, -0.05) is 6.92 Å². The monoisotopic (exact) mass is 479 g/mol. The number of carbonyl (C=O) groups excluding carboxylic acids is 3. The van der Waals surface area contributed by atoms with Crippen LogP contribution in [0.1, 0.15) is 39.8 Å². The van der Waals surface area contributed by atoms with E-state index in [1.54, 1.807) is 26.8 Å². The van der Waals surface area contributed by atoms with E-state index >= 15 is 0 Å². The average molecular weight is 480 g/mol. The summed E-state index contributed by atoms with van der Waals surface area (Å²) in [7, 11) is 1.25. The fraction of sp³-hybridized carbons (Fsp3) is 0.591. The van der Waals surface area contributed by atoms with Crippen LogP contribution in [0.4, 0.5) is 4.79 Å². The molecule has 0 atom stereocenters. The van der Waals surface area contributed by atoms with Gasteiger partial charge in [0.1, 0.15) is 24.3 Å². The summed E-state index contributed by atoms with van der Waals surface area (Å²) in [6, 6.07) is 1.77. The number of alkyl carbamates (subject to hydrolysis) is 1. The molecule has 2 N–H and O–H groups in total. The first-order chi connectivity index (χ1) is 16.0. The molecule has 0 saturated carbocycles. The quantitative estimate of drug-likeness (QED) is 0.361.